The number of nitrogens with zero attached hydrogens (tertiary/aromatic N) is 1. The predicted octanol–water partition coefficient (Wildman–Crippen LogP) is 1.62. The molecule has 0 aliphatic heterocycles. The molecule has 2 rings (SSSR count). The standard InChI is InChI=1S/C16H17N3O7S2/c1-9(20)18-11-4-5-13(19-28(3,23)24)12(6-11)15(21)26-8-10-7-17-27-14(10)16(22)25-2/h4-7,19H,8H2,1-3H3,(H,18,20). The molecule has 0 aliphatic carbocycles. The van der Waals surface area contributed by atoms with Crippen LogP contribution in [0.3, 0.4) is 0 Å². The molecule has 0 radical (unpaired) electrons. The van der Waals surface area contributed by atoms with Gasteiger partial charge in [-0.3, -0.25) is 9.52 Å². The van der Waals surface area contributed by atoms with E-state index in [1.165, 1.54) is 38.4 Å². The molecule has 1 aromatic heterocycles. The Labute approximate surface area is 165 Å². The Bertz CT molecular complexity index is 1010. The molecule has 2 aromatic rings. The zero-order valence-electron chi connectivity index (χ0n) is 15.1. The van der Waals surface area contributed by atoms with Gasteiger partial charge in [-0.15, -0.1) is 0 Å². The van der Waals surface area contributed by atoms with Crippen LogP contribution in [0.4, 0.5) is 11.4 Å². The highest BCUT2D eigenvalue weighted by atomic mass is 32.2. The van der Waals surface area contributed by atoms with Crippen LogP contribution >= 0.6 is 11.5 Å². The number of anilines is 2. The quantitative estimate of drug-likeness (QED) is 0.635. The lowest BCUT2D eigenvalue weighted by Crippen LogP contribution is -2.16. The van der Waals surface area contributed by atoms with Crippen molar-refractivity contribution in [1.29, 1.82) is 0 Å². The minimum atomic E-state index is -3.66. The van der Waals surface area contributed by atoms with Gasteiger partial charge >= 0.3 is 11.9 Å². The van der Waals surface area contributed by atoms with Crippen LogP contribution in [0.1, 0.15) is 32.5 Å². The fourth-order valence-corrected chi connectivity index (χ4v) is 3.38. The zero-order valence-corrected chi connectivity index (χ0v) is 16.8. The molecule has 0 unspecified atom stereocenters. The zero-order chi connectivity index (χ0) is 20.9. The fraction of sp³-hybridized carbons (Fsp3) is 0.250. The van der Waals surface area contributed by atoms with Gasteiger partial charge in [0.2, 0.25) is 15.9 Å². The van der Waals surface area contributed by atoms with Crippen molar-refractivity contribution in [2.75, 3.05) is 23.4 Å². The number of aromatic nitrogens is 1. The molecule has 28 heavy (non-hydrogen) atoms. The summed E-state index contributed by atoms with van der Waals surface area (Å²) in [5.41, 5.74) is 0.504. The van der Waals surface area contributed by atoms with Gasteiger partial charge in [0.05, 0.1) is 24.6 Å². The number of rotatable bonds is 7. The van der Waals surface area contributed by atoms with Crippen molar-refractivity contribution >= 4 is 50.8 Å². The molecular formula is C16H17N3O7S2. The Kier molecular flexibility index (Phi) is 6.70. The number of hydrogen-bond acceptors (Lipinski definition) is 9. The van der Waals surface area contributed by atoms with Crippen molar-refractivity contribution in [2.45, 2.75) is 13.5 Å². The van der Waals surface area contributed by atoms with Crippen molar-refractivity contribution in [2.24, 2.45) is 0 Å². The number of amides is 1. The van der Waals surface area contributed by atoms with Crippen LogP contribution < -0.4 is 10.0 Å². The van der Waals surface area contributed by atoms with Gasteiger partial charge in [0, 0.05) is 24.4 Å². The lowest BCUT2D eigenvalue weighted by atomic mass is 10.1. The average molecular weight is 427 g/mol. The lowest BCUT2D eigenvalue weighted by molar-refractivity contribution is -0.114. The second-order valence-electron chi connectivity index (χ2n) is 5.56. The molecule has 0 fully saturated rings. The minimum Gasteiger partial charge on any atom is -0.465 e. The summed E-state index contributed by atoms with van der Waals surface area (Å²) < 4.78 is 39.0. The predicted molar refractivity (Wildman–Crippen MR) is 102 cm³/mol. The van der Waals surface area contributed by atoms with Crippen LogP contribution in [0.25, 0.3) is 0 Å². The number of carbonyl (C=O) groups excluding carboxylic acids is 3. The third kappa shape index (κ3) is 5.76. The van der Waals surface area contributed by atoms with Gasteiger partial charge in [-0.05, 0) is 29.7 Å². The van der Waals surface area contributed by atoms with Crippen molar-refractivity contribution in [3.8, 4) is 0 Å². The summed E-state index contributed by atoms with van der Waals surface area (Å²) in [6, 6.07) is 4.04. The summed E-state index contributed by atoms with van der Waals surface area (Å²) in [5, 5.41) is 2.50. The second-order valence-corrected chi connectivity index (χ2v) is 8.11. The molecule has 0 spiro atoms. The number of sulfonamides is 1. The molecule has 1 heterocycles. The number of hydrogen-bond donors (Lipinski definition) is 2. The van der Waals surface area contributed by atoms with E-state index in [4.69, 9.17) is 4.74 Å². The minimum absolute atomic E-state index is 0.0155. The summed E-state index contributed by atoms with van der Waals surface area (Å²) in [7, 11) is -2.45. The topological polar surface area (TPSA) is 141 Å². The number of nitrogens with one attached hydrogen (secondary N) is 2. The summed E-state index contributed by atoms with van der Waals surface area (Å²) in [4.78, 5) is 35.6. The molecule has 12 heteroatoms. The summed E-state index contributed by atoms with van der Waals surface area (Å²) in [6.45, 7) is 1.01. The molecule has 0 saturated heterocycles. The average Bonchev–Trinajstić information content (AvgIpc) is 3.07. The molecule has 10 nitrogen and oxygen atoms in total. The van der Waals surface area contributed by atoms with Gasteiger partial charge in [0.1, 0.15) is 11.5 Å². The maximum atomic E-state index is 12.5. The van der Waals surface area contributed by atoms with Gasteiger partial charge in [0.15, 0.2) is 0 Å². The molecule has 1 aromatic carbocycles. The van der Waals surface area contributed by atoms with E-state index in [1.54, 1.807) is 0 Å². The summed E-state index contributed by atoms with van der Waals surface area (Å²) in [5.74, 6) is -1.84. The van der Waals surface area contributed by atoms with Crippen molar-refractivity contribution in [1.82, 2.24) is 4.37 Å². The highest BCUT2D eigenvalue weighted by Gasteiger charge is 2.20. The largest absolute Gasteiger partial charge is 0.465 e. The van der Waals surface area contributed by atoms with E-state index in [0.29, 0.717) is 5.56 Å². The first-order valence-electron chi connectivity index (χ1n) is 7.69. The molecule has 0 aliphatic rings. The van der Waals surface area contributed by atoms with Gasteiger partial charge in [0.25, 0.3) is 0 Å². The third-order valence-corrected chi connectivity index (χ3v) is 4.64. The number of esters is 2. The number of benzene rings is 1. The summed E-state index contributed by atoms with van der Waals surface area (Å²) >= 11 is 0.895. The Morgan fingerprint density at radius 1 is 1.21 bits per heavy atom. The Hall–Kier alpha value is -2.99. The molecule has 150 valence electrons. The van der Waals surface area contributed by atoms with Crippen LogP contribution in [0, 0.1) is 0 Å². The number of carbonyl (C=O) groups is 3. The van der Waals surface area contributed by atoms with Crippen LogP contribution in [0.2, 0.25) is 0 Å². The van der Waals surface area contributed by atoms with E-state index in [1.807, 2.05) is 0 Å². The monoisotopic (exact) mass is 427 g/mol. The highest BCUT2D eigenvalue weighted by molar-refractivity contribution is 7.92. The third-order valence-electron chi connectivity index (χ3n) is 3.23. The van der Waals surface area contributed by atoms with Crippen LogP contribution in [-0.4, -0.2) is 44.0 Å². The van der Waals surface area contributed by atoms with E-state index >= 15 is 0 Å². The normalized spacial score (nSPS) is 10.8. The van der Waals surface area contributed by atoms with Crippen molar-refractivity contribution < 1.29 is 32.3 Å². The number of ether oxygens (including phenoxy) is 2. The molecular weight excluding hydrogens is 410 g/mol. The van der Waals surface area contributed by atoms with Crippen molar-refractivity contribution in [3.05, 3.63) is 40.4 Å². The molecule has 1 amide bonds. The van der Waals surface area contributed by atoms with E-state index in [9.17, 15) is 22.8 Å². The lowest BCUT2D eigenvalue weighted by Gasteiger charge is -2.13. The maximum absolute atomic E-state index is 12.5. The molecule has 0 atom stereocenters. The molecule has 0 saturated carbocycles. The molecule has 0 bridgehead atoms. The van der Waals surface area contributed by atoms with E-state index < -0.39 is 22.0 Å². The van der Waals surface area contributed by atoms with Crippen LogP contribution in [0.15, 0.2) is 24.4 Å². The fourth-order valence-electron chi connectivity index (χ4n) is 2.13. The first-order valence-corrected chi connectivity index (χ1v) is 10.4. The molecule has 2 N–H and O–H groups in total. The van der Waals surface area contributed by atoms with E-state index in [-0.39, 0.29) is 34.3 Å². The van der Waals surface area contributed by atoms with Crippen molar-refractivity contribution in [3.63, 3.8) is 0 Å². The second kappa shape index (κ2) is 8.80. The number of methoxy groups -OCH3 is 1. The van der Waals surface area contributed by atoms with Gasteiger partial charge in [-0.25, -0.2) is 18.0 Å². The van der Waals surface area contributed by atoms with Crippen LogP contribution in [0.5, 0.6) is 0 Å². The van der Waals surface area contributed by atoms with E-state index in [2.05, 4.69) is 19.1 Å². The summed E-state index contributed by atoms with van der Waals surface area (Å²) in [6.07, 6.45) is 2.30. The Balaban J connectivity index is 2.28. The van der Waals surface area contributed by atoms with Gasteiger partial charge in [-0.1, -0.05) is 0 Å². The maximum Gasteiger partial charge on any atom is 0.350 e. The smallest absolute Gasteiger partial charge is 0.350 e. The Morgan fingerprint density at radius 2 is 1.93 bits per heavy atom. The van der Waals surface area contributed by atoms with Crippen LogP contribution in [-0.2, 0) is 30.9 Å². The first kappa shape index (κ1) is 21.3. The highest BCUT2D eigenvalue weighted by Crippen LogP contribution is 2.24. The van der Waals surface area contributed by atoms with E-state index in [0.717, 1.165) is 17.8 Å². The van der Waals surface area contributed by atoms with Gasteiger partial charge < -0.3 is 14.8 Å². The van der Waals surface area contributed by atoms with Gasteiger partial charge in [-0.2, -0.15) is 4.37 Å². The SMILES string of the molecule is COC(=O)c1sncc1COC(=O)c1cc(NC(C)=O)ccc1NS(C)(=O)=O. The first-order chi connectivity index (χ1) is 13.1. The Morgan fingerprint density at radius 3 is 2.54 bits per heavy atom.